The third kappa shape index (κ3) is 1.00. The SMILES string of the molecule is Cc1c(Cl)c2c(n(C)c1=O)CNC2=O. The molecule has 1 aliphatic heterocycles. The van der Waals surface area contributed by atoms with E-state index in [1.807, 2.05) is 0 Å². The normalized spacial score (nSPS) is 14.1. The summed E-state index contributed by atoms with van der Waals surface area (Å²) in [6.45, 7) is 2.00. The van der Waals surface area contributed by atoms with Crippen LogP contribution in [0.5, 0.6) is 0 Å². The molecule has 74 valence electrons. The summed E-state index contributed by atoms with van der Waals surface area (Å²) in [5.74, 6) is -0.205. The van der Waals surface area contributed by atoms with Crippen LogP contribution in [0.3, 0.4) is 0 Å². The van der Waals surface area contributed by atoms with Gasteiger partial charge in [0.05, 0.1) is 22.8 Å². The Kier molecular flexibility index (Phi) is 1.89. The first-order valence-electron chi connectivity index (χ1n) is 4.20. The fourth-order valence-electron chi connectivity index (χ4n) is 1.64. The molecule has 1 aliphatic rings. The van der Waals surface area contributed by atoms with Crippen LogP contribution in [0.25, 0.3) is 0 Å². The molecular weight excluding hydrogens is 204 g/mol. The summed E-state index contributed by atoms with van der Waals surface area (Å²) < 4.78 is 1.47. The van der Waals surface area contributed by atoms with Crippen molar-refractivity contribution in [1.29, 1.82) is 0 Å². The van der Waals surface area contributed by atoms with Crippen molar-refractivity contribution in [3.8, 4) is 0 Å². The predicted molar refractivity (Wildman–Crippen MR) is 52.6 cm³/mol. The molecule has 0 fully saturated rings. The number of amides is 1. The maximum Gasteiger partial charge on any atom is 0.255 e. The van der Waals surface area contributed by atoms with Crippen LogP contribution in [0.1, 0.15) is 21.6 Å². The van der Waals surface area contributed by atoms with E-state index < -0.39 is 0 Å². The van der Waals surface area contributed by atoms with Crippen LogP contribution in [-0.2, 0) is 13.6 Å². The van der Waals surface area contributed by atoms with E-state index in [1.54, 1.807) is 14.0 Å². The Morgan fingerprint density at radius 1 is 1.43 bits per heavy atom. The van der Waals surface area contributed by atoms with Crippen LogP contribution >= 0.6 is 11.6 Å². The van der Waals surface area contributed by atoms with E-state index in [0.717, 1.165) is 0 Å². The van der Waals surface area contributed by atoms with Gasteiger partial charge in [-0.05, 0) is 6.92 Å². The number of halogens is 1. The van der Waals surface area contributed by atoms with Gasteiger partial charge in [-0.15, -0.1) is 0 Å². The number of hydrogen-bond acceptors (Lipinski definition) is 2. The molecule has 2 rings (SSSR count). The fourth-order valence-corrected chi connectivity index (χ4v) is 1.92. The maximum atomic E-state index is 11.6. The van der Waals surface area contributed by atoms with Crippen molar-refractivity contribution in [3.63, 3.8) is 0 Å². The molecule has 0 bridgehead atoms. The van der Waals surface area contributed by atoms with E-state index in [0.29, 0.717) is 23.4 Å². The minimum absolute atomic E-state index is 0.148. The first kappa shape index (κ1) is 9.27. The zero-order valence-electron chi connectivity index (χ0n) is 7.85. The van der Waals surface area contributed by atoms with E-state index in [2.05, 4.69) is 5.32 Å². The van der Waals surface area contributed by atoms with Crippen molar-refractivity contribution < 1.29 is 4.79 Å². The lowest BCUT2D eigenvalue weighted by Crippen LogP contribution is -2.23. The Morgan fingerprint density at radius 3 is 2.71 bits per heavy atom. The molecule has 0 saturated carbocycles. The molecule has 0 aliphatic carbocycles. The molecule has 1 aromatic rings. The second-order valence-corrected chi connectivity index (χ2v) is 3.69. The van der Waals surface area contributed by atoms with Crippen LogP contribution in [0.4, 0.5) is 0 Å². The fraction of sp³-hybridized carbons (Fsp3) is 0.333. The lowest BCUT2D eigenvalue weighted by molar-refractivity contribution is 0.0966. The highest BCUT2D eigenvalue weighted by atomic mass is 35.5. The number of hydrogen-bond donors (Lipinski definition) is 1. The van der Waals surface area contributed by atoms with E-state index in [9.17, 15) is 9.59 Å². The minimum atomic E-state index is -0.205. The average Bonchev–Trinajstić information content (AvgIpc) is 2.54. The van der Waals surface area contributed by atoms with E-state index in [4.69, 9.17) is 11.6 Å². The van der Waals surface area contributed by atoms with E-state index >= 15 is 0 Å². The lowest BCUT2D eigenvalue weighted by atomic mass is 10.1. The van der Waals surface area contributed by atoms with Crippen LogP contribution in [0.2, 0.25) is 5.02 Å². The molecule has 0 unspecified atom stereocenters. The standard InChI is InChI=1S/C9H9ClN2O2/c1-4-7(10)6-5(3-11-8(6)13)12(2)9(4)14/h3H2,1-2H3,(H,11,13). The van der Waals surface area contributed by atoms with E-state index in [-0.39, 0.29) is 16.5 Å². The van der Waals surface area contributed by atoms with Gasteiger partial charge in [0.25, 0.3) is 11.5 Å². The minimum Gasteiger partial charge on any atom is -0.346 e. The maximum absolute atomic E-state index is 11.6. The van der Waals surface area contributed by atoms with Gasteiger partial charge in [-0.25, -0.2) is 0 Å². The third-order valence-corrected chi connectivity index (χ3v) is 2.98. The van der Waals surface area contributed by atoms with Gasteiger partial charge in [-0.2, -0.15) is 0 Å². The Bertz CT molecular complexity index is 491. The van der Waals surface area contributed by atoms with Crippen molar-refractivity contribution in [2.75, 3.05) is 0 Å². The number of fused-ring (bicyclic) bond motifs is 1. The molecule has 4 nitrogen and oxygen atoms in total. The van der Waals surface area contributed by atoms with Gasteiger partial charge in [0.2, 0.25) is 0 Å². The lowest BCUT2D eigenvalue weighted by Gasteiger charge is -2.08. The largest absolute Gasteiger partial charge is 0.346 e. The number of carbonyl (C=O) groups excluding carboxylic acids is 1. The Morgan fingerprint density at radius 2 is 2.07 bits per heavy atom. The molecule has 14 heavy (non-hydrogen) atoms. The zero-order chi connectivity index (χ0) is 10.5. The molecule has 0 saturated heterocycles. The smallest absolute Gasteiger partial charge is 0.255 e. The Hall–Kier alpha value is -1.29. The van der Waals surface area contributed by atoms with Crippen LogP contribution < -0.4 is 10.9 Å². The molecule has 1 aromatic heterocycles. The molecular formula is C9H9ClN2O2. The van der Waals surface area contributed by atoms with Crippen molar-refractivity contribution >= 4 is 17.5 Å². The molecule has 2 heterocycles. The highest BCUT2D eigenvalue weighted by molar-refractivity contribution is 6.34. The summed E-state index contributed by atoms with van der Waals surface area (Å²) in [6.07, 6.45) is 0. The molecule has 0 aromatic carbocycles. The molecule has 1 N–H and O–H groups in total. The molecule has 1 amide bonds. The van der Waals surface area contributed by atoms with Crippen molar-refractivity contribution in [3.05, 3.63) is 32.2 Å². The second kappa shape index (κ2) is 2.85. The van der Waals surface area contributed by atoms with E-state index in [1.165, 1.54) is 4.57 Å². The quantitative estimate of drug-likeness (QED) is 0.685. The van der Waals surface area contributed by atoms with Gasteiger partial charge in [0, 0.05) is 12.6 Å². The number of aromatic nitrogens is 1. The summed E-state index contributed by atoms with van der Waals surface area (Å²) in [5.41, 5.74) is 1.37. The number of carbonyl (C=O) groups is 1. The summed E-state index contributed by atoms with van der Waals surface area (Å²) >= 11 is 5.94. The number of nitrogens with zero attached hydrogens (tertiary/aromatic N) is 1. The van der Waals surface area contributed by atoms with Gasteiger partial charge in [-0.1, -0.05) is 11.6 Å². The van der Waals surface area contributed by atoms with Crippen molar-refractivity contribution in [2.45, 2.75) is 13.5 Å². The number of pyridine rings is 1. The van der Waals surface area contributed by atoms with Crippen molar-refractivity contribution in [2.24, 2.45) is 7.05 Å². The topological polar surface area (TPSA) is 51.1 Å². The molecule has 0 atom stereocenters. The van der Waals surface area contributed by atoms with Crippen LogP contribution in [0, 0.1) is 6.92 Å². The number of nitrogens with one attached hydrogen (secondary N) is 1. The van der Waals surface area contributed by atoms with Gasteiger partial charge >= 0.3 is 0 Å². The highest BCUT2D eigenvalue weighted by Gasteiger charge is 2.26. The first-order valence-corrected chi connectivity index (χ1v) is 4.58. The summed E-state index contributed by atoms with van der Waals surface area (Å²) in [7, 11) is 1.64. The molecule has 0 radical (unpaired) electrons. The zero-order valence-corrected chi connectivity index (χ0v) is 8.60. The second-order valence-electron chi connectivity index (χ2n) is 3.31. The van der Waals surface area contributed by atoms with Gasteiger partial charge in [-0.3, -0.25) is 9.59 Å². The summed E-state index contributed by atoms with van der Waals surface area (Å²) in [5, 5.41) is 2.91. The average molecular weight is 213 g/mol. The summed E-state index contributed by atoms with van der Waals surface area (Å²) in [4.78, 5) is 23.0. The number of rotatable bonds is 0. The van der Waals surface area contributed by atoms with Crippen LogP contribution in [-0.4, -0.2) is 10.5 Å². The van der Waals surface area contributed by atoms with Gasteiger partial charge < -0.3 is 9.88 Å². The Labute approximate surface area is 85.5 Å². The van der Waals surface area contributed by atoms with Crippen molar-refractivity contribution in [1.82, 2.24) is 9.88 Å². The van der Waals surface area contributed by atoms with Gasteiger partial charge in [0.1, 0.15) is 0 Å². The third-order valence-electron chi connectivity index (χ3n) is 2.51. The van der Waals surface area contributed by atoms with Crippen LogP contribution in [0.15, 0.2) is 4.79 Å². The Balaban J connectivity index is 2.91. The first-order chi connectivity index (χ1) is 6.54. The highest BCUT2D eigenvalue weighted by Crippen LogP contribution is 2.24. The molecule has 0 spiro atoms. The predicted octanol–water partition coefficient (Wildman–Crippen LogP) is 0.591. The van der Waals surface area contributed by atoms with Gasteiger partial charge in [0.15, 0.2) is 0 Å². The molecule has 5 heteroatoms. The monoisotopic (exact) mass is 212 g/mol. The summed E-state index contributed by atoms with van der Waals surface area (Å²) in [6, 6.07) is 0.